The lowest BCUT2D eigenvalue weighted by atomic mass is 10.1. The molecule has 1 atom stereocenters. The predicted molar refractivity (Wildman–Crippen MR) is 121 cm³/mol. The zero-order chi connectivity index (χ0) is 22.0. The Hall–Kier alpha value is -2.86. The topological polar surface area (TPSA) is 78.5 Å². The fourth-order valence-electron chi connectivity index (χ4n) is 4.36. The summed E-state index contributed by atoms with van der Waals surface area (Å²) >= 11 is 6.20. The van der Waals surface area contributed by atoms with Gasteiger partial charge in [0.2, 0.25) is 11.8 Å². The molecule has 0 spiro atoms. The zero-order valence-corrected chi connectivity index (χ0v) is 18.2. The first-order valence-corrected chi connectivity index (χ1v) is 11.1. The van der Waals surface area contributed by atoms with Gasteiger partial charge in [0.1, 0.15) is 0 Å². The van der Waals surface area contributed by atoms with E-state index in [0.717, 1.165) is 36.9 Å². The largest absolute Gasteiger partial charge is 0.349 e. The molecule has 0 bridgehead atoms. The predicted octanol–water partition coefficient (Wildman–Crippen LogP) is 4.31. The van der Waals surface area contributed by atoms with Crippen molar-refractivity contribution in [3.8, 4) is 0 Å². The Morgan fingerprint density at radius 1 is 1.06 bits per heavy atom. The van der Waals surface area contributed by atoms with E-state index in [0.29, 0.717) is 16.3 Å². The summed E-state index contributed by atoms with van der Waals surface area (Å²) in [4.78, 5) is 39.9. The SMILES string of the molecule is Cc1c(Cl)cccc1N1C[C@@H](C(=O)Nc2ccccc2C(=O)NC2CCCC2)CC1=O. The normalized spacial score (nSPS) is 19.0. The fourth-order valence-corrected chi connectivity index (χ4v) is 4.53. The molecule has 31 heavy (non-hydrogen) atoms. The highest BCUT2D eigenvalue weighted by Gasteiger charge is 2.36. The van der Waals surface area contributed by atoms with Crippen molar-refractivity contribution in [3.63, 3.8) is 0 Å². The van der Waals surface area contributed by atoms with Gasteiger partial charge in [-0.15, -0.1) is 0 Å². The average Bonchev–Trinajstić information content (AvgIpc) is 3.40. The summed E-state index contributed by atoms with van der Waals surface area (Å²) in [5.74, 6) is -1.06. The average molecular weight is 440 g/mol. The Labute approximate surface area is 187 Å². The summed E-state index contributed by atoms with van der Waals surface area (Å²) in [6, 6.07) is 12.6. The number of hydrogen-bond acceptors (Lipinski definition) is 3. The maximum atomic E-state index is 13.0. The first kappa shape index (κ1) is 21.4. The first-order valence-electron chi connectivity index (χ1n) is 10.7. The molecule has 2 aliphatic rings. The summed E-state index contributed by atoms with van der Waals surface area (Å²) in [6.45, 7) is 2.14. The van der Waals surface area contributed by atoms with Gasteiger partial charge in [-0.2, -0.15) is 0 Å². The molecular formula is C24H26ClN3O3. The van der Waals surface area contributed by atoms with Crippen molar-refractivity contribution in [1.29, 1.82) is 0 Å². The Bertz CT molecular complexity index is 1020. The number of hydrogen-bond donors (Lipinski definition) is 2. The van der Waals surface area contributed by atoms with Crippen LogP contribution in [0.5, 0.6) is 0 Å². The molecule has 2 N–H and O–H groups in total. The van der Waals surface area contributed by atoms with Crippen LogP contribution in [0.25, 0.3) is 0 Å². The standard InChI is InChI=1S/C24H26ClN3O3/c1-15-19(25)10-6-12-21(15)28-14-16(13-22(28)29)23(30)27-20-11-5-4-9-18(20)24(31)26-17-7-2-3-8-17/h4-6,9-12,16-17H,2-3,7-8,13-14H2,1H3,(H,26,31)(H,27,30)/t16-/m0/s1. The van der Waals surface area contributed by atoms with Crippen LogP contribution in [0.15, 0.2) is 42.5 Å². The molecule has 2 aromatic carbocycles. The number of rotatable bonds is 5. The molecule has 0 unspecified atom stereocenters. The van der Waals surface area contributed by atoms with Gasteiger partial charge in [-0.3, -0.25) is 14.4 Å². The molecule has 1 saturated carbocycles. The highest BCUT2D eigenvalue weighted by Crippen LogP contribution is 2.32. The summed E-state index contributed by atoms with van der Waals surface area (Å²) in [6.07, 6.45) is 4.35. The van der Waals surface area contributed by atoms with Crippen molar-refractivity contribution < 1.29 is 14.4 Å². The van der Waals surface area contributed by atoms with E-state index in [1.165, 1.54) is 0 Å². The minimum absolute atomic E-state index is 0.113. The number of amides is 3. The Kier molecular flexibility index (Phi) is 6.28. The third-order valence-electron chi connectivity index (χ3n) is 6.15. The number of halogens is 1. The lowest BCUT2D eigenvalue weighted by Crippen LogP contribution is -2.34. The van der Waals surface area contributed by atoms with Crippen LogP contribution in [0.4, 0.5) is 11.4 Å². The molecule has 1 saturated heterocycles. The monoisotopic (exact) mass is 439 g/mol. The molecule has 2 fully saturated rings. The molecule has 3 amide bonds. The second-order valence-corrected chi connectivity index (χ2v) is 8.69. The van der Waals surface area contributed by atoms with Crippen LogP contribution in [0, 0.1) is 12.8 Å². The van der Waals surface area contributed by atoms with Crippen LogP contribution in [0.1, 0.15) is 48.0 Å². The Balaban J connectivity index is 1.46. The third-order valence-corrected chi connectivity index (χ3v) is 6.56. The lowest BCUT2D eigenvalue weighted by Gasteiger charge is -2.20. The second kappa shape index (κ2) is 9.10. The van der Waals surface area contributed by atoms with Crippen LogP contribution < -0.4 is 15.5 Å². The van der Waals surface area contributed by atoms with Crippen molar-refractivity contribution in [2.24, 2.45) is 5.92 Å². The third kappa shape index (κ3) is 4.59. The smallest absolute Gasteiger partial charge is 0.253 e. The van der Waals surface area contributed by atoms with E-state index in [-0.39, 0.29) is 36.7 Å². The number of nitrogens with one attached hydrogen (secondary N) is 2. The minimum atomic E-state index is -0.503. The Morgan fingerprint density at radius 3 is 2.58 bits per heavy atom. The molecule has 1 heterocycles. The minimum Gasteiger partial charge on any atom is -0.349 e. The number of anilines is 2. The van der Waals surface area contributed by atoms with Gasteiger partial charge in [0.15, 0.2) is 0 Å². The second-order valence-electron chi connectivity index (χ2n) is 8.28. The van der Waals surface area contributed by atoms with Crippen molar-refractivity contribution >= 4 is 40.7 Å². The van der Waals surface area contributed by atoms with Crippen LogP contribution in [0.3, 0.4) is 0 Å². The molecule has 2 aromatic rings. The molecule has 7 heteroatoms. The molecule has 4 rings (SSSR count). The Morgan fingerprint density at radius 2 is 1.81 bits per heavy atom. The summed E-state index contributed by atoms with van der Waals surface area (Å²) < 4.78 is 0. The van der Waals surface area contributed by atoms with E-state index in [9.17, 15) is 14.4 Å². The van der Waals surface area contributed by atoms with Crippen molar-refractivity contribution in [3.05, 3.63) is 58.6 Å². The molecule has 6 nitrogen and oxygen atoms in total. The van der Waals surface area contributed by atoms with Gasteiger partial charge in [0.05, 0.1) is 17.2 Å². The van der Waals surface area contributed by atoms with E-state index < -0.39 is 5.92 Å². The van der Waals surface area contributed by atoms with Crippen molar-refractivity contribution in [2.75, 3.05) is 16.8 Å². The first-order chi connectivity index (χ1) is 14.9. The number of carbonyl (C=O) groups excluding carboxylic acids is 3. The van der Waals surface area contributed by atoms with Crippen molar-refractivity contribution in [2.45, 2.75) is 45.1 Å². The summed E-state index contributed by atoms with van der Waals surface area (Å²) in [7, 11) is 0. The van der Waals surface area contributed by atoms with Crippen LogP contribution in [-0.4, -0.2) is 30.3 Å². The molecule has 162 valence electrons. The van der Waals surface area contributed by atoms with E-state index >= 15 is 0 Å². The fraction of sp³-hybridized carbons (Fsp3) is 0.375. The van der Waals surface area contributed by atoms with Gasteiger partial charge in [-0.25, -0.2) is 0 Å². The maximum absolute atomic E-state index is 13.0. The number of para-hydroxylation sites is 1. The van der Waals surface area contributed by atoms with Crippen molar-refractivity contribution in [1.82, 2.24) is 5.32 Å². The molecule has 1 aliphatic heterocycles. The lowest BCUT2D eigenvalue weighted by molar-refractivity contribution is -0.122. The number of carbonyl (C=O) groups is 3. The molecule has 0 aromatic heterocycles. The molecule has 1 aliphatic carbocycles. The summed E-state index contributed by atoms with van der Waals surface area (Å²) in [5, 5.41) is 6.52. The van der Waals surface area contributed by atoms with Crippen LogP contribution in [-0.2, 0) is 9.59 Å². The summed E-state index contributed by atoms with van der Waals surface area (Å²) in [5.41, 5.74) is 2.44. The molecule has 0 radical (unpaired) electrons. The quantitative estimate of drug-likeness (QED) is 0.728. The highest BCUT2D eigenvalue weighted by molar-refractivity contribution is 6.31. The van der Waals surface area contributed by atoms with E-state index in [2.05, 4.69) is 10.6 Å². The van der Waals surface area contributed by atoms with Gasteiger partial charge in [-0.05, 0) is 49.6 Å². The van der Waals surface area contributed by atoms with E-state index in [1.54, 1.807) is 41.3 Å². The van der Waals surface area contributed by atoms with Gasteiger partial charge < -0.3 is 15.5 Å². The van der Waals surface area contributed by atoms with Gasteiger partial charge in [0, 0.05) is 29.7 Å². The van der Waals surface area contributed by atoms with Crippen LogP contribution >= 0.6 is 11.6 Å². The highest BCUT2D eigenvalue weighted by atomic mass is 35.5. The van der Waals surface area contributed by atoms with Crippen LogP contribution in [0.2, 0.25) is 5.02 Å². The van der Waals surface area contributed by atoms with Gasteiger partial charge in [0.25, 0.3) is 5.91 Å². The number of nitrogens with zero attached hydrogens (tertiary/aromatic N) is 1. The molecular weight excluding hydrogens is 414 g/mol. The number of benzene rings is 2. The zero-order valence-electron chi connectivity index (χ0n) is 17.5. The van der Waals surface area contributed by atoms with E-state index in [1.807, 2.05) is 13.0 Å². The van der Waals surface area contributed by atoms with Gasteiger partial charge in [-0.1, -0.05) is 42.6 Å². The van der Waals surface area contributed by atoms with Gasteiger partial charge >= 0.3 is 0 Å². The van der Waals surface area contributed by atoms with E-state index in [4.69, 9.17) is 11.6 Å². The maximum Gasteiger partial charge on any atom is 0.253 e.